The second-order valence-electron chi connectivity index (χ2n) is 9.76. The molecular weight excluding hydrogens is 378 g/mol. The minimum Gasteiger partial charge on any atom is -0.496 e. The number of benzene rings is 1. The molecule has 4 rings (SSSR count). The van der Waals surface area contributed by atoms with E-state index in [-0.39, 0.29) is 22.3 Å². The van der Waals surface area contributed by atoms with Gasteiger partial charge in [0.15, 0.2) is 0 Å². The van der Waals surface area contributed by atoms with Crippen molar-refractivity contribution in [3.8, 4) is 5.75 Å². The van der Waals surface area contributed by atoms with Crippen molar-refractivity contribution in [1.29, 1.82) is 0 Å². The quantitative estimate of drug-likeness (QED) is 0.824. The van der Waals surface area contributed by atoms with Crippen LogP contribution in [0.25, 0.3) is 0 Å². The SMILES string of the molecule is COc1c(C)cccc1C(=O)N1CCCC2(CCc3c2nc(C(C)(C)C)[nH]c3=O)C1. The molecule has 1 aromatic heterocycles. The maximum atomic E-state index is 13.4. The summed E-state index contributed by atoms with van der Waals surface area (Å²) in [6.07, 6.45) is 3.44. The van der Waals surface area contributed by atoms with Crippen LogP contribution in [0.5, 0.6) is 5.75 Å². The number of methoxy groups -OCH3 is 1. The molecule has 160 valence electrons. The summed E-state index contributed by atoms with van der Waals surface area (Å²) in [5, 5.41) is 0. The lowest BCUT2D eigenvalue weighted by Gasteiger charge is -2.41. The monoisotopic (exact) mass is 409 g/mol. The molecule has 2 aromatic rings. The highest BCUT2D eigenvalue weighted by atomic mass is 16.5. The number of nitrogens with one attached hydrogen (secondary N) is 1. The van der Waals surface area contributed by atoms with E-state index in [0.29, 0.717) is 24.4 Å². The summed E-state index contributed by atoms with van der Waals surface area (Å²) in [4.78, 5) is 36.1. The Kier molecular flexibility index (Phi) is 4.99. The number of carbonyl (C=O) groups excluding carboxylic acids is 1. The highest BCUT2D eigenvalue weighted by Gasteiger charge is 2.46. The van der Waals surface area contributed by atoms with Gasteiger partial charge in [-0.05, 0) is 44.2 Å². The Hall–Kier alpha value is -2.63. The number of piperidine rings is 1. The molecule has 6 heteroatoms. The van der Waals surface area contributed by atoms with Crippen LogP contribution in [-0.4, -0.2) is 41.0 Å². The Balaban J connectivity index is 1.71. The molecule has 0 bridgehead atoms. The number of aryl methyl sites for hydroxylation is 1. The Morgan fingerprint density at radius 2 is 2.03 bits per heavy atom. The summed E-state index contributed by atoms with van der Waals surface area (Å²) in [5.41, 5.74) is 2.75. The smallest absolute Gasteiger partial charge is 0.257 e. The van der Waals surface area contributed by atoms with Crippen molar-refractivity contribution in [3.05, 3.63) is 56.8 Å². The zero-order valence-corrected chi connectivity index (χ0v) is 18.6. The molecule has 0 radical (unpaired) electrons. The number of carbonyl (C=O) groups is 1. The highest BCUT2D eigenvalue weighted by Crippen LogP contribution is 2.44. The molecule has 1 fully saturated rings. The Morgan fingerprint density at radius 1 is 1.27 bits per heavy atom. The molecule has 1 aromatic carbocycles. The van der Waals surface area contributed by atoms with Gasteiger partial charge in [-0.1, -0.05) is 32.9 Å². The lowest BCUT2D eigenvalue weighted by Crippen LogP contribution is -2.48. The zero-order valence-electron chi connectivity index (χ0n) is 18.6. The van der Waals surface area contributed by atoms with Gasteiger partial charge in [0, 0.05) is 29.5 Å². The molecule has 1 atom stereocenters. The molecule has 1 N–H and O–H groups in total. The Bertz CT molecular complexity index is 1050. The van der Waals surface area contributed by atoms with Crippen LogP contribution >= 0.6 is 0 Å². The van der Waals surface area contributed by atoms with Crippen LogP contribution in [0.2, 0.25) is 0 Å². The molecule has 1 aliphatic heterocycles. The zero-order chi connectivity index (χ0) is 21.7. The Labute approximate surface area is 177 Å². The number of aromatic nitrogens is 2. The van der Waals surface area contributed by atoms with Gasteiger partial charge in [-0.15, -0.1) is 0 Å². The first-order chi connectivity index (χ1) is 14.2. The molecule has 0 saturated carbocycles. The predicted molar refractivity (Wildman–Crippen MR) is 116 cm³/mol. The third-order valence-corrected chi connectivity index (χ3v) is 6.59. The van der Waals surface area contributed by atoms with Gasteiger partial charge in [-0.3, -0.25) is 9.59 Å². The summed E-state index contributed by atoms with van der Waals surface area (Å²) in [6.45, 7) is 9.42. The van der Waals surface area contributed by atoms with Crippen LogP contribution < -0.4 is 10.3 Å². The van der Waals surface area contributed by atoms with Crippen molar-refractivity contribution in [1.82, 2.24) is 14.9 Å². The van der Waals surface area contributed by atoms with E-state index in [4.69, 9.17) is 9.72 Å². The first kappa shape index (κ1) is 20.6. The van der Waals surface area contributed by atoms with Gasteiger partial charge in [0.25, 0.3) is 11.5 Å². The number of para-hydroxylation sites is 1. The molecule has 30 heavy (non-hydrogen) atoms. The van der Waals surface area contributed by atoms with Gasteiger partial charge in [0.2, 0.25) is 0 Å². The number of aromatic amines is 1. The average Bonchev–Trinajstić information content (AvgIpc) is 3.05. The van der Waals surface area contributed by atoms with Crippen molar-refractivity contribution in [3.63, 3.8) is 0 Å². The molecule has 2 aliphatic rings. The van der Waals surface area contributed by atoms with Crippen molar-refractivity contribution in [2.45, 2.75) is 64.2 Å². The largest absolute Gasteiger partial charge is 0.496 e. The van der Waals surface area contributed by atoms with Gasteiger partial charge in [-0.2, -0.15) is 0 Å². The van der Waals surface area contributed by atoms with Gasteiger partial charge in [0.05, 0.1) is 18.4 Å². The maximum absolute atomic E-state index is 13.4. The Morgan fingerprint density at radius 3 is 2.73 bits per heavy atom. The van der Waals surface area contributed by atoms with Crippen LogP contribution in [0.4, 0.5) is 0 Å². The van der Waals surface area contributed by atoms with Crippen molar-refractivity contribution in [2.75, 3.05) is 20.2 Å². The van der Waals surface area contributed by atoms with E-state index in [2.05, 4.69) is 25.8 Å². The molecule has 1 amide bonds. The summed E-state index contributed by atoms with van der Waals surface area (Å²) in [6, 6.07) is 5.68. The van der Waals surface area contributed by atoms with E-state index in [0.717, 1.165) is 48.3 Å². The lowest BCUT2D eigenvalue weighted by atomic mass is 9.77. The summed E-state index contributed by atoms with van der Waals surface area (Å²) >= 11 is 0. The molecule has 6 nitrogen and oxygen atoms in total. The normalized spacial score (nSPS) is 21.0. The van der Waals surface area contributed by atoms with Crippen LogP contribution in [0.15, 0.2) is 23.0 Å². The second kappa shape index (κ2) is 7.25. The van der Waals surface area contributed by atoms with E-state index in [1.165, 1.54) is 0 Å². The van der Waals surface area contributed by atoms with Crippen molar-refractivity contribution in [2.24, 2.45) is 0 Å². The standard InChI is InChI=1S/C24H31N3O3/c1-15-8-6-9-16(18(15)30-5)21(29)27-13-7-11-24(14-27)12-10-17-19(24)25-22(23(2,3)4)26-20(17)28/h6,8-9H,7,10-14H2,1-5H3,(H,25,26,28). The number of rotatable bonds is 2. The predicted octanol–water partition coefficient (Wildman–Crippen LogP) is 3.50. The van der Waals surface area contributed by atoms with E-state index in [1.807, 2.05) is 30.0 Å². The second-order valence-corrected chi connectivity index (χ2v) is 9.76. The van der Waals surface area contributed by atoms with Gasteiger partial charge in [0.1, 0.15) is 11.6 Å². The first-order valence-electron chi connectivity index (χ1n) is 10.7. The number of H-pyrrole nitrogens is 1. The maximum Gasteiger partial charge on any atom is 0.257 e. The summed E-state index contributed by atoms with van der Waals surface area (Å²) in [5.74, 6) is 1.35. The van der Waals surface area contributed by atoms with Crippen molar-refractivity contribution < 1.29 is 9.53 Å². The van der Waals surface area contributed by atoms with E-state index >= 15 is 0 Å². The fraction of sp³-hybridized carbons (Fsp3) is 0.542. The van der Waals surface area contributed by atoms with E-state index in [1.54, 1.807) is 7.11 Å². The first-order valence-corrected chi connectivity index (χ1v) is 10.7. The highest BCUT2D eigenvalue weighted by molar-refractivity contribution is 5.97. The number of hydrogen-bond donors (Lipinski definition) is 1. The van der Waals surface area contributed by atoms with E-state index < -0.39 is 0 Å². The fourth-order valence-electron chi connectivity index (χ4n) is 4.97. The van der Waals surface area contributed by atoms with E-state index in [9.17, 15) is 9.59 Å². The number of likely N-dealkylation sites (tertiary alicyclic amines) is 1. The van der Waals surface area contributed by atoms with Gasteiger partial charge < -0.3 is 14.6 Å². The van der Waals surface area contributed by atoms with Crippen LogP contribution in [0, 0.1) is 6.92 Å². The fourth-order valence-corrected chi connectivity index (χ4v) is 4.97. The number of nitrogens with zero attached hydrogens (tertiary/aromatic N) is 2. The lowest BCUT2D eigenvalue weighted by molar-refractivity contribution is 0.0629. The molecule has 1 spiro atoms. The van der Waals surface area contributed by atoms with Gasteiger partial charge in [-0.25, -0.2) is 4.98 Å². The molecule has 2 heterocycles. The summed E-state index contributed by atoms with van der Waals surface area (Å²) in [7, 11) is 1.61. The number of amides is 1. The van der Waals surface area contributed by atoms with Crippen LogP contribution in [0.1, 0.15) is 73.0 Å². The number of ether oxygens (including phenoxy) is 1. The average molecular weight is 410 g/mol. The molecular formula is C24H31N3O3. The number of hydrogen-bond acceptors (Lipinski definition) is 4. The van der Waals surface area contributed by atoms with Crippen molar-refractivity contribution >= 4 is 5.91 Å². The molecule has 1 aliphatic carbocycles. The minimum absolute atomic E-state index is 0.0102. The molecule has 1 saturated heterocycles. The van der Waals surface area contributed by atoms with Gasteiger partial charge >= 0.3 is 0 Å². The topological polar surface area (TPSA) is 75.3 Å². The third kappa shape index (κ3) is 3.32. The molecule has 1 unspecified atom stereocenters. The third-order valence-electron chi connectivity index (χ3n) is 6.59. The summed E-state index contributed by atoms with van der Waals surface area (Å²) < 4.78 is 5.52. The number of fused-ring (bicyclic) bond motifs is 2. The van der Waals surface area contributed by atoms with Crippen LogP contribution in [0.3, 0.4) is 0 Å². The van der Waals surface area contributed by atoms with Crippen LogP contribution in [-0.2, 0) is 17.3 Å². The minimum atomic E-state index is -0.242.